The maximum absolute atomic E-state index is 12.1. The molecule has 0 bridgehead atoms. The first-order chi connectivity index (χ1) is 8.41. The van der Waals surface area contributed by atoms with Crippen LogP contribution in [-0.4, -0.2) is 53.9 Å². The predicted octanol–water partition coefficient (Wildman–Crippen LogP) is 0.114. The van der Waals surface area contributed by atoms with Crippen LogP contribution in [0, 0.1) is 5.92 Å². The van der Waals surface area contributed by atoms with E-state index in [1.165, 1.54) is 0 Å². The third-order valence-electron chi connectivity index (χ3n) is 4.47. The quantitative estimate of drug-likeness (QED) is 0.749. The molecule has 0 unspecified atom stereocenters. The van der Waals surface area contributed by atoms with Gasteiger partial charge < -0.3 is 20.5 Å². The highest BCUT2D eigenvalue weighted by atomic mass is 16.5. The van der Waals surface area contributed by atoms with Crippen molar-refractivity contribution in [3.05, 3.63) is 0 Å². The van der Waals surface area contributed by atoms with Gasteiger partial charge in [0.25, 0.3) is 0 Å². The van der Waals surface area contributed by atoms with E-state index >= 15 is 0 Å². The molecular formula is C13H24N2O3. The molecule has 3 N–H and O–H groups in total. The average molecular weight is 256 g/mol. The number of amides is 1. The second-order valence-electron chi connectivity index (χ2n) is 5.90. The van der Waals surface area contributed by atoms with E-state index in [0.717, 1.165) is 12.8 Å². The van der Waals surface area contributed by atoms with Gasteiger partial charge >= 0.3 is 0 Å². The Morgan fingerprint density at radius 3 is 2.67 bits per heavy atom. The van der Waals surface area contributed by atoms with Crippen LogP contribution in [0.25, 0.3) is 0 Å². The van der Waals surface area contributed by atoms with Gasteiger partial charge in [0, 0.05) is 32.7 Å². The minimum absolute atomic E-state index is 0.0585. The number of ether oxygens (including phenoxy) is 1. The van der Waals surface area contributed by atoms with E-state index in [0.29, 0.717) is 32.5 Å². The monoisotopic (exact) mass is 256 g/mol. The Morgan fingerprint density at radius 2 is 2.17 bits per heavy atom. The van der Waals surface area contributed by atoms with Gasteiger partial charge in [0.15, 0.2) is 0 Å². The molecule has 18 heavy (non-hydrogen) atoms. The fourth-order valence-corrected chi connectivity index (χ4v) is 2.66. The van der Waals surface area contributed by atoms with Crippen LogP contribution in [0.2, 0.25) is 0 Å². The fourth-order valence-electron chi connectivity index (χ4n) is 2.66. The van der Waals surface area contributed by atoms with E-state index in [1.54, 1.807) is 7.11 Å². The molecule has 0 radical (unpaired) electrons. The van der Waals surface area contributed by atoms with Gasteiger partial charge in [0.05, 0.1) is 11.1 Å². The van der Waals surface area contributed by atoms with E-state index < -0.39 is 11.1 Å². The maximum atomic E-state index is 12.1. The minimum Gasteiger partial charge on any atom is -0.389 e. The molecule has 0 aromatic carbocycles. The number of carbonyl (C=O) groups excluding carboxylic acids is 1. The summed E-state index contributed by atoms with van der Waals surface area (Å²) in [6.07, 6.45) is 2.83. The second-order valence-corrected chi connectivity index (χ2v) is 5.90. The van der Waals surface area contributed by atoms with Gasteiger partial charge in [-0.25, -0.2) is 0 Å². The van der Waals surface area contributed by atoms with Crippen LogP contribution >= 0.6 is 0 Å². The third-order valence-corrected chi connectivity index (χ3v) is 4.47. The van der Waals surface area contributed by atoms with Gasteiger partial charge in [0.2, 0.25) is 5.91 Å². The van der Waals surface area contributed by atoms with E-state index in [1.807, 2.05) is 11.8 Å². The summed E-state index contributed by atoms with van der Waals surface area (Å²) in [4.78, 5) is 14.0. The molecule has 104 valence electrons. The Morgan fingerprint density at radius 1 is 1.50 bits per heavy atom. The first-order valence-corrected chi connectivity index (χ1v) is 6.71. The lowest BCUT2D eigenvalue weighted by atomic mass is 9.79. The first-order valence-electron chi connectivity index (χ1n) is 6.71. The van der Waals surface area contributed by atoms with E-state index in [2.05, 4.69) is 0 Å². The number of methoxy groups -OCH3 is 1. The summed E-state index contributed by atoms with van der Waals surface area (Å²) >= 11 is 0. The average Bonchev–Trinajstić information content (AvgIpc) is 3.09. The van der Waals surface area contributed by atoms with Gasteiger partial charge in [-0.15, -0.1) is 0 Å². The molecule has 2 atom stereocenters. The number of nitrogens with zero attached hydrogens (tertiary/aromatic N) is 1. The summed E-state index contributed by atoms with van der Waals surface area (Å²) in [5, 5.41) is 10.5. The molecule has 2 rings (SSSR count). The molecule has 1 saturated heterocycles. The Labute approximate surface area is 108 Å². The van der Waals surface area contributed by atoms with Crippen LogP contribution in [0.4, 0.5) is 0 Å². The van der Waals surface area contributed by atoms with Crippen molar-refractivity contribution >= 4 is 5.91 Å². The topological polar surface area (TPSA) is 75.8 Å². The SMILES string of the molecule is COCC[C@]1(O)CCN(C(=O)C2(N)CC2)C[C@H]1C. The van der Waals surface area contributed by atoms with Crippen LogP contribution in [0.15, 0.2) is 0 Å². The predicted molar refractivity (Wildman–Crippen MR) is 68.0 cm³/mol. The molecule has 1 amide bonds. The number of piperidine rings is 1. The molecule has 0 aromatic rings. The summed E-state index contributed by atoms with van der Waals surface area (Å²) in [5.74, 6) is 0.121. The molecule has 1 aliphatic heterocycles. The number of rotatable bonds is 4. The fraction of sp³-hybridized carbons (Fsp3) is 0.923. The summed E-state index contributed by atoms with van der Waals surface area (Å²) < 4.78 is 5.04. The molecule has 5 heteroatoms. The van der Waals surface area contributed by atoms with Gasteiger partial charge in [-0.3, -0.25) is 4.79 Å². The second kappa shape index (κ2) is 4.79. The molecule has 2 fully saturated rings. The van der Waals surface area contributed by atoms with E-state index in [4.69, 9.17) is 10.5 Å². The number of hydrogen-bond acceptors (Lipinski definition) is 4. The molecule has 0 spiro atoms. The van der Waals surface area contributed by atoms with Crippen molar-refractivity contribution in [2.45, 2.75) is 43.7 Å². The van der Waals surface area contributed by atoms with E-state index in [9.17, 15) is 9.90 Å². The molecular weight excluding hydrogens is 232 g/mol. The lowest BCUT2D eigenvalue weighted by Crippen LogP contribution is -2.56. The lowest BCUT2D eigenvalue weighted by Gasteiger charge is -2.44. The first kappa shape index (κ1) is 13.8. The van der Waals surface area contributed by atoms with Crippen molar-refractivity contribution in [1.82, 2.24) is 4.90 Å². The lowest BCUT2D eigenvalue weighted by molar-refractivity contribution is -0.142. The minimum atomic E-state index is -0.710. The molecule has 1 heterocycles. The van der Waals surface area contributed by atoms with Crippen LogP contribution in [0.1, 0.15) is 32.6 Å². The smallest absolute Gasteiger partial charge is 0.242 e. The Bertz CT molecular complexity index is 330. The van der Waals surface area contributed by atoms with Crippen molar-refractivity contribution in [1.29, 1.82) is 0 Å². The largest absolute Gasteiger partial charge is 0.389 e. The van der Waals surface area contributed by atoms with Gasteiger partial charge in [-0.2, -0.15) is 0 Å². The number of hydrogen-bond donors (Lipinski definition) is 2. The van der Waals surface area contributed by atoms with Gasteiger partial charge in [0.1, 0.15) is 0 Å². The molecule has 0 aromatic heterocycles. The van der Waals surface area contributed by atoms with Crippen LogP contribution in [0.5, 0.6) is 0 Å². The van der Waals surface area contributed by atoms with Crippen molar-refractivity contribution in [3.63, 3.8) is 0 Å². The number of nitrogens with two attached hydrogens (primary N) is 1. The highest BCUT2D eigenvalue weighted by Crippen LogP contribution is 2.37. The van der Waals surface area contributed by atoms with Crippen LogP contribution in [-0.2, 0) is 9.53 Å². The number of likely N-dealkylation sites (tertiary alicyclic amines) is 1. The number of aliphatic hydroxyl groups is 1. The van der Waals surface area contributed by atoms with Crippen molar-refractivity contribution < 1.29 is 14.6 Å². The molecule has 2 aliphatic rings. The summed E-state index contributed by atoms with van der Waals surface area (Å²) in [6, 6.07) is 0. The summed E-state index contributed by atoms with van der Waals surface area (Å²) in [6.45, 7) is 3.74. The summed E-state index contributed by atoms with van der Waals surface area (Å²) in [7, 11) is 1.64. The van der Waals surface area contributed by atoms with Crippen molar-refractivity contribution in [3.8, 4) is 0 Å². The number of carbonyl (C=O) groups is 1. The highest BCUT2D eigenvalue weighted by Gasteiger charge is 2.50. The zero-order valence-electron chi connectivity index (χ0n) is 11.3. The van der Waals surface area contributed by atoms with Crippen LogP contribution < -0.4 is 5.73 Å². The highest BCUT2D eigenvalue weighted by molar-refractivity contribution is 5.89. The molecule has 1 aliphatic carbocycles. The van der Waals surface area contributed by atoms with Gasteiger partial charge in [-0.1, -0.05) is 6.92 Å². The van der Waals surface area contributed by atoms with E-state index in [-0.39, 0.29) is 11.8 Å². The normalized spacial score (nSPS) is 34.4. The van der Waals surface area contributed by atoms with Crippen molar-refractivity contribution in [2.75, 3.05) is 26.8 Å². The van der Waals surface area contributed by atoms with Gasteiger partial charge in [-0.05, 0) is 25.7 Å². The Balaban J connectivity index is 1.93. The molecule has 5 nitrogen and oxygen atoms in total. The standard InChI is InChI=1S/C13H24N2O3/c1-10-9-15(11(16)12(14)3-4-12)7-5-13(10,17)6-8-18-2/h10,17H,3-9,14H2,1-2H3/t10-,13-/m1/s1. The third kappa shape index (κ3) is 2.53. The molecule has 1 saturated carbocycles. The maximum Gasteiger partial charge on any atom is 0.242 e. The Hall–Kier alpha value is -0.650. The Kier molecular flexibility index (Phi) is 3.67. The zero-order valence-corrected chi connectivity index (χ0v) is 11.3. The zero-order chi connectivity index (χ0) is 13.4. The summed E-state index contributed by atoms with van der Waals surface area (Å²) in [5.41, 5.74) is 4.63. The van der Waals surface area contributed by atoms with Crippen molar-refractivity contribution in [2.24, 2.45) is 11.7 Å². The van der Waals surface area contributed by atoms with Crippen LogP contribution in [0.3, 0.4) is 0 Å².